The van der Waals surface area contributed by atoms with Crippen molar-refractivity contribution in [2.75, 3.05) is 30.3 Å². The summed E-state index contributed by atoms with van der Waals surface area (Å²) < 4.78 is 34.0. The van der Waals surface area contributed by atoms with Crippen LogP contribution in [0.5, 0.6) is 5.75 Å². The average molecular weight is 570 g/mol. The summed E-state index contributed by atoms with van der Waals surface area (Å²) >= 11 is 5.35. The minimum absolute atomic E-state index is 0.0810. The number of amides is 1. The Morgan fingerprint density at radius 2 is 1.85 bits per heavy atom. The monoisotopic (exact) mass is 568 g/mol. The third kappa shape index (κ3) is 7.39. The topological polar surface area (TPSA) is 75.7 Å². The van der Waals surface area contributed by atoms with E-state index in [0.717, 1.165) is 27.3 Å². The lowest BCUT2D eigenvalue weighted by molar-refractivity contribution is -0.119. The minimum atomic E-state index is -3.98. The molecule has 1 amide bonds. The quantitative estimate of drug-likeness (QED) is 0.360. The zero-order valence-corrected chi connectivity index (χ0v) is 23.0. The van der Waals surface area contributed by atoms with E-state index in [1.54, 1.807) is 18.2 Å². The molecule has 0 aromatic heterocycles. The fourth-order valence-electron chi connectivity index (χ4n) is 3.93. The van der Waals surface area contributed by atoms with Gasteiger partial charge in [-0.1, -0.05) is 37.0 Å². The van der Waals surface area contributed by atoms with Crippen molar-refractivity contribution in [2.24, 2.45) is 0 Å². The van der Waals surface area contributed by atoms with Crippen LogP contribution in [0.2, 0.25) is 0 Å². The number of halogens is 1. The lowest BCUT2D eigenvalue weighted by Gasteiger charge is -2.24. The Labute approximate surface area is 216 Å². The second-order valence-electron chi connectivity index (χ2n) is 8.48. The predicted octanol–water partition coefficient (Wildman–Crippen LogP) is 5.53. The summed E-state index contributed by atoms with van der Waals surface area (Å²) in [5.41, 5.74) is 1.45. The van der Waals surface area contributed by atoms with E-state index in [9.17, 15) is 13.2 Å². The highest BCUT2D eigenvalue weighted by molar-refractivity contribution is 9.10. The van der Waals surface area contributed by atoms with E-state index in [-0.39, 0.29) is 17.3 Å². The maximum atomic E-state index is 13.5. The molecule has 186 valence electrons. The molecular weight excluding hydrogens is 536 g/mol. The second-order valence-corrected chi connectivity index (χ2v) is 12.6. The van der Waals surface area contributed by atoms with Gasteiger partial charge in [0.2, 0.25) is 5.91 Å². The van der Waals surface area contributed by atoms with E-state index in [4.69, 9.17) is 4.74 Å². The van der Waals surface area contributed by atoms with Crippen LogP contribution < -0.4 is 14.4 Å². The van der Waals surface area contributed by atoms with Gasteiger partial charge in [-0.25, -0.2) is 8.42 Å². The molecule has 6 nitrogen and oxygen atoms in total. The van der Waals surface area contributed by atoms with E-state index in [2.05, 4.69) is 21.2 Å². The number of nitrogens with one attached hydrogen (secondary N) is 1. The number of carbonyl (C=O) groups is 1. The number of thioether (sulfide) groups is 1. The summed E-state index contributed by atoms with van der Waals surface area (Å²) in [6.07, 6.45) is 7.45. The molecule has 3 rings (SSSR count). The van der Waals surface area contributed by atoms with Crippen molar-refractivity contribution < 1.29 is 17.9 Å². The number of benzene rings is 2. The molecule has 0 spiro atoms. The Kier molecular flexibility index (Phi) is 10.2. The van der Waals surface area contributed by atoms with Crippen LogP contribution in [0.15, 0.2) is 51.8 Å². The van der Waals surface area contributed by atoms with Crippen molar-refractivity contribution in [3.63, 3.8) is 0 Å². The Morgan fingerprint density at radius 3 is 2.50 bits per heavy atom. The third-order valence-electron chi connectivity index (χ3n) is 5.87. The molecule has 0 aliphatic heterocycles. The number of carbonyl (C=O) groups excluding carboxylic acids is 1. The van der Waals surface area contributed by atoms with Gasteiger partial charge in [0, 0.05) is 11.8 Å². The van der Waals surface area contributed by atoms with E-state index in [0.29, 0.717) is 22.5 Å². The Bertz CT molecular complexity index is 1060. The number of ether oxygens (including phenoxy) is 1. The summed E-state index contributed by atoms with van der Waals surface area (Å²) in [7, 11) is -2.46. The first-order chi connectivity index (χ1) is 16.3. The molecule has 0 unspecified atom stereocenters. The fraction of sp³-hybridized carbons (Fsp3) is 0.480. The molecule has 2 aromatic rings. The van der Waals surface area contributed by atoms with Crippen LogP contribution in [0.4, 0.5) is 5.69 Å². The number of hydrogen-bond acceptors (Lipinski definition) is 5. The van der Waals surface area contributed by atoms with Gasteiger partial charge in [0.25, 0.3) is 10.0 Å². The van der Waals surface area contributed by atoms with E-state index >= 15 is 0 Å². The first-order valence-corrected chi connectivity index (χ1v) is 14.9. The molecule has 0 saturated heterocycles. The van der Waals surface area contributed by atoms with E-state index in [1.807, 2.05) is 30.8 Å². The lowest BCUT2D eigenvalue weighted by atomic mass is 10.0. The van der Waals surface area contributed by atoms with Crippen molar-refractivity contribution in [3.05, 3.63) is 52.5 Å². The van der Waals surface area contributed by atoms with Crippen LogP contribution in [-0.2, 0) is 14.8 Å². The van der Waals surface area contributed by atoms with Gasteiger partial charge in [-0.05, 0) is 78.2 Å². The number of anilines is 1. The molecule has 1 N–H and O–H groups in total. The van der Waals surface area contributed by atoms with Gasteiger partial charge in [0.05, 0.1) is 22.2 Å². The molecule has 9 heteroatoms. The third-order valence-corrected chi connectivity index (χ3v) is 9.73. The molecule has 1 fully saturated rings. The van der Waals surface area contributed by atoms with E-state index < -0.39 is 10.0 Å². The van der Waals surface area contributed by atoms with Crippen LogP contribution in [0.3, 0.4) is 0 Å². The highest BCUT2D eigenvalue weighted by atomic mass is 79.9. The van der Waals surface area contributed by atoms with Crippen molar-refractivity contribution >= 4 is 49.3 Å². The SMILES string of the molecule is COc1ccc(S(=O)(=O)N(CC(=O)NCCCSC2CCCCC2)c2ccc(C)cc2)cc1Br. The molecule has 1 aliphatic carbocycles. The van der Waals surface area contributed by atoms with Gasteiger partial charge in [0.1, 0.15) is 12.3 Å². The zero-order chi connectivity index (χ0) is 24.6. The molecule has 0 radical (unpaired) electrons. The molecule has 0 atom stereocenters. The number of nitrogens with zero attached hydrogens (tertiary/aromatic N) is 1. The van der Waals surface area contributed by atoms with Crippen molar-refractivity contribution in [1.29, 1.82) is 0 Å². The number of methoxy groups -OCH3 is 1. The van der Waals surface area contributed by atoms with Crippen LogP contribution in [-0.4, -0.2) is 45.5 Å². The standard InChI is InChI=1S/C25H33BrN2O4S2/c1-19-9-11-20(12-10-19)28(34(30,31)22-13-14-24(32-2)23(26)17-22)18-25(29)27-15-6-16-33-21-7-4-3-5-8-21/h9-14,17,21H,3-8,15-16,18H2,1-2H3,(H,27,29). The Balaban J connectivity index is 1.66. The first-order valence-electron chi connectivity index (χ1n) is 11.6. The summed E-state index contributed by atoms with van der Waals surface area (Å²) in [6.45, 7) is 2.18. The fourth-order valence-corrected chi connectivity index (χ4v) is 7.38. The largest absolute Gasteiger partial charge is 0.496 e. The van der Waals surface area contributed by atoms with Gasteiger partial charge >= 0.3 is 0 Å². The molecule has 34 heavy (non-hydrogen) atoms. The molecule has 0 heterocycles. The van der Waals surface area contributed by atoms with Crippen LogP contribution >= 0.6 is 27.7 Å². The summed E-state index contributed by atoms with van der Waals surface area (Å²) in [4.78, 5) is 12.8. The van der Waals surface area contributed by atoms with Crippen LogP contribution in [0, 0.1) is 6.92 Å². The highest BCUT2D eigenvalue weighted by Crippen LogP contribution is 2.31. The number of aryl methyl sites for hydroxylation is 1. The first kappa shape index (κ1) is 26.9. The number of rotatable bonds is 11. The number of hydrogen-bond donors (Lipinski definition) is 1. The average Bonchev–Trinajstić information content (AvgIpc) is 2.83. The Morgan fingerprint density at radius 1 is 1.15 bits per heavy atom. The van der Waals surface area contributed by atoms with E-state index in [1.165, 1.54) is 51.3 Å². The van der Waals surface area contributed by atoms with Crippen molar-refractivity contribution in [1.82, 2.24) is 5.32 Å². The van der Waals surface area contributed by atoms with Gasteiger partial charge < -0.3 is 10.1 Å². The molecule has 1 aliphatic rings. The van der Waals surface area contributed by atoms with Crippen molar-refractivity contribution in [3.8, 4) is 5.75 Å². The zero-order valence-electron chi connectivity index (χ0n) is 19.8. The maximum absolute atomic E-state index is 13.5. The smallest absolute Gasteiger partial charge is 0.264 e. The minimum Gasteiger partial charge on any atom is -0.496 e. The summed E-state index contributed by atoms with van der Waals surface area (Å²) in [5.74, 6) is 1.22. The predicted molar refractivity (Wildman–Crippen MR) is 143 cm³/mol. The van der Waals surface area contributed by atoms with Gasteiger partial charge in [-0.3, -0.25) is 9.10 Å². The van der Waals surface area contributed by atoms with Gasteiger partial charge in [-0.15, -0.1) is 0 Å². The molecule has 1 saturated carbocycles. The normalized spacial score (nSPS) is 14.6. The summed E-state index contributed by atoms with van der Waals surface area (Å²) in [6, 6.07) is 11.7. The van der Waals surface area contributed by atoms with Crippen molar-refractivity contribution in [2.45, 2.75) is 55.6 Å². The molecule has 2 aromatic carbocycles. The number of sulfonamides is 1. The second kappa shape index (κ2) is 12.8. The Hall–Kier alpha value is -1.71. The lowest BCUT2D eigenvalue weighted by Crippen LogP contribution is -2.41. The van der Waals surface area contributed by atoms with Gasteiger partial charge in [-0.2, -0.15) is 11.8 Å². The van der Waals surface area contributed by atoms with Crippen LogP contribution in [0.1, 0.15) is 44.1 Å². The molecule has 0 bridgehead atoms. The molecular formula is C25H33BrN2O4S2. The highest BCUT2D eigenvalue weighted by Gasteiger charge is 2.28. The van der Waals surface area contributed by atoms with Crippen LogP contribution in [0.25, 0.3) is 0 Å². The van der Waals surface area contributed by atoms with Gasteiger partial charge in [0.15, 0.2) is 0 Å². The summed E-state index contributed by atoms with van der Waals surface area (Å²) in [5, 5.41) is 3.64. The maximum Gasteiger partial charge on any atom is 0.264 e.